The summed E-state index contributed by atoms with van der Waals surface area (Å²) in [4.78, 5) is 14.3. The molecule has 0 amide bonds. The molecule has 4 rings (SSSR count). The molecule has 0 unspecified atom stereocenters. The number of carboxylic acids is 1. The van der Waals surface area contributed by atoms with Crippen molar-refractivity contribution in [2.75, 3.05) is 11.4 Å². The molecule has 124 valence electrons. The lowest BCUT2D eigenvalue weighted by Crippen LogP contribution is -2.28. The first-order chi connectivity index (χ1) is 12.1. The highest BCUT2D eigenvalue weighted by Crippen LogP contribution is 2.46. The third-order valence-corrected chi connectivity index (χ3v) is 5.39. The molecule has 3 aromatic rings. The Labute approximate surface area is 150 Å². The highest BCUT2D eigenvalue weighted by Gasteiger charge is 2.26. The van der Waals surface area contributed by atoms with Crippen molar-refractivity contribution in [1.82, 2.24) is 0 Å². The van der Waals surface area contributed by atoms with Crippen LogP contribution in [-0.4, -0.2) is 17.6 Å². The molecule has 5 heteroatoms. The van der Waals surface area contributed by atoms with E-state index < -0.39 is 5.97 Å². The van der Waals surface area contributed by atoms with Gasteiger partial charge in [-0.3, -0.25) is 4.79 Å². The van der Waals surface area contributed by atoms with E-state index in [0.717, 1.165) is 32.1 Å². The van der Waals surface area contributed by atoms with Crippen LogP contribution in [0, 0.1) is 0 Å². The average molecular weight is 349 g/mol. The van der Waals surface area contributed by atoms with Crippen LogP contribution in [0.3, 0.4) is 0 Å². The number of hydrogen-bond acceptors (Lipinski definition) is 3. The summed E-state index contributed by atoms with van der Waals surface area (Å²) in [5.41, 5.74) is 3.17. The Kier molecular flexibility index (Phi) is 3.93. The van der Waals surface area contributed by atoms with Crippen LogP contribution in [0.4, 0.5) is 5.69 Å². The van der Waals surface area contributed by atoms with Crippen LogP contribution in [-0.2, 0) is 11.8 Å². The summed E-state index contributed by atoms with van der Waals surface area (Å²) in [5, 5.41) is 11.4. The fourth-order valence-electron chi connectivity index (χ4n) is 3.11. The molecule has 0 radical (unpaired) electrons. The first-order valence-corrected chi connectivity index (χ1v) is 8.80. The topological polar surface area (TPSA) is 44.4 Å². The smallest absolute Gasteiger partial charge is 0.323 e. The zero-order valence-corrected chi connectivity index (χ0v) is 14.5. The van der Waals surface area contributed by atoms with E-state index in [1.54, 1.807) is 11.8 Å². The van der Waals surface area contributed by atoms with E-state index in [4.69, 9.17) is 0 Å². The van der Waals surface area contributed by atoms with E-state index in [1.807, 2.05) is 54.5 Å². The average Bonchev–Trinajstić information content (AvgIpc) is 2.95. The maximum Gasteiger partial charge on any atom is 0.323 e. The SMILES string of the molecule is C[n+]1ccc(/C=C2/Sc3ccccc3N2CC(=O)O)c2ccccc21. The molecule has 0 bridgehead atoms. The largest absolute Gasteiger partial charge is 0.480 e. The van der Waals surface area contributed by atoms with E-state index in [0.29, 0.717) is 0 Å². The molecule has 1 aliphatic heterocycles. The summed E-state index contributed by atoms with van der Waals surface area (Å²) < 4.78 is 2.09. The number of nitrogens with zero attached hydrogens (tertiary/aromatic N) is 2. The first kappa shape index (κ1) is 15.7. The molecule has 1 aromatic heterocycles. The van der Waals surface area contributed by atoms with Crippen LogP contribution in [0.1, 0.15) is 5.56 Å². The van der Waals surface area contributed by atoms with Gasteiger partial charge in [-0.25, -0.2) is 4.57 Å². The fourth-order valence-corrected chi connectivity index (χ4v) is 4.22. The summed E-state index contributed by atoms with van der Waals surface area (Å²) in [6.07, 6.45) is 4.11. The first-order valence-electron chi connectivity index (χ1n) is 7.99. The van der Waals surface area contributed by atoms with Crippen molar-refractivity contribution in [1.29, 1.82) is 0 Å². The molecule has 25 heavy (non-hydrogen) atoms. The number of fused-ring (bicyclic) bond motifs is 2. The lowest BCUT2D eigenvalue weighted by molar-refractivity contribution is -0.644. The number of hydrogen-bond donors (Lipinski definition) is 1. The van der Waals surface area contributed by atoms with E-state index in [-0.39, 0.29) is 6.54 Å². The molecule has 0 fully saturated rings. The highest BCUT2D eigenvalue weighted by atomic mass is 32.2. The van der Waals surface area contributed by atoms with Gasteiger partial charge in [-0.15, -0.1) is 0 Å². The second kappa shape index (κ2) is 6.26. The van der Waals surface area contributed by atoms with Gasteiger partial charge < -0.3 is 10.0 Å². The molecule has 2 aromatic carbocycles. The van der Waals surface area contributed by atoms with E-state index >= 15 is 0 Å². The molecule has 0 aliphatic carbocycles. The van der Waals surface area contributed by atoms with Crippen LogP contribution in [0.2, 0.25) is 0 Å². The van der Waals surface area contributed by atoms with Gasteiger partial charge in [0, 0.05) is 17.0 Å². The number of aryl methyl sites for hydroxylation is 1. The van der Waals surface area contributed by atoms with Crippen molar-refractivity contribution in [2.24, 2.45) is 7.05 Å². The minimum absolute atomic E-state index is 0.0472. The minimum atomic E-state index is -0.840. The number of aliphatic carboxylic acids is 1. The lowest BCUT2D eigenvalue weighted by atomic mass is 10.1. The number of carboxylic acid groups (broad SMARTS) is 1. The molecule has 0 saturated heterocycles. The van der Waals surface area contributed by atoms with Crippen molar-refractivity contribution in [3.05, 3.63) is 71.4 Å². The Morgan fingerprint density at radius 3 is 2.76 bits per heavy atom. The van der Waals surface area contributed by atoms with Gasteiger partial charge in [-0.2, -0.15) is 0 Å². The molecule has 0 atom stereocenters. The number of rotatable bonds is 3. The molecule has 0 saturated carbocycles. The van der Waals surface area contributed by atoms with Gasteiger partial charge >= 0.3 is 5.97 Å². The Morgan fingerprint density at radius 2 is 1.92 bits per heavy atom. The quantitative estimate of drug-likeness (QED) is 0.733. The number of aromatic nitrogens is 1. The predicted molar refractivity (Wildman–Crippen MR) is 100 cm³/mol. The van der Waals surface area contributed by atoms with E-state index in [2.05, 4.69) is 28.8 Å². The fraction of sp³-hybridized carbons (Fsp3) is 0.100. The van der Waals surface area contributed by atoms with Gasteiger partial charge in [0.2, 0.25) is 5.52 Å². The summed E-state index contributed by atoms with van der Waals surface area (Å²) >= 11 is 1.61. The molecular formula is C20H17N2O2S+. The summed E-state index contributed by atoms with van der Waals surface area (Å²) in [6.45, 7) is -0.0472. The number of benzene rings is 2. The monoisotopic (exact) mass is 349 g/mol. The van der Waals surface area contributed by atoms with Crippen LogP contribution in [0.25, 0.3) is 17.0 Å². The summed E-state index contributed by atoms with van der Waals surface area (Å²) in [5.74, 6) is -0.840. The Bertz CT molecular complexity index is 1010. The van der Waals surface area contributed by atoms with Crippen molar-refractivity contribution < 1.29 is 14.5 Å². The molecule has 2 heterocycles. The Hall–Kier alpha value is -2.79. The van der Waals surface area contributed by atoms with Crippen molar-refractivity contribution in [3.63, 3.8) is 0 Å². The van der Waals surface area contributed by atoms with Gasteiger partial charge in [0.05, 0.1) is 16.1 Å². The van der Waals surface area contributed by atoms with Crippen LogP contribution in [0.15, 0.2) is 70.7 Å². The van der Waals surface area contributed by atoms with E-state index in [9.17, 15) is 9.90 Å². The predicted octanol–water partition coefficient (Wildman–Crippen LogP) is 3.66. The van der Waals surface area contributed by atoms with Crippen molar-refractivity contribution in [2.45, 2.75) is 4.90 Å². The number of carbonyl (C=O) groups is 1. The molecule has 0 spiro atoms. The van der Waals surface area contributed by atoms with Crippen LogP contribution < -0.4 is 9.47 Å². The normalized spacial score (nSPS) is 14.9. The zero-order chi connectivity index (χ0) is 17.4. The minimum Gasteiger partial charge on any atom is -0.480 e. The highest BCUT2D eigenvalue weighted by molar-refractivity contribution is 8.03. The number of thioether (sulfide) groups is 1. The maximum atomic E-state index is 11.3. The van der Waals surface area contributed by atoms with Crippen LogP contribution in [0.5, 0.6) is 0 Å². The van der Waals surface area contributed by atoms with E-state index in [1.165, 1.54) is 0 Å². The Morgan fingerprint density at radius 1 is 1.16 bits per heavy atom. The van der Waals surface area contributed by atoms with Gasteiger partial charge in [-0.1, -0.05) is 36.0 Å². The van der Waals surface area contributed by atoms with Gasteiger partial charge in [0.25, 0.3) is 0 Å². The standard InChI is InChI=1S/C20H16N2O2S/c1-21-11-10-14(15-6-2-3-7-16(15)21)12-19-22(13-20(23)24)17-8-4-5-9-18(17)25-19/h2-12H,13H2,1H3/p+1. The summed E-state index contributed by atoms with van der Waals surface area (Å²) in [6, 6.07) is 18.2. The lowest BCUT2D eigenvalue weighted by Gasteiger charge is -2.18. The third-order valence-electron chi connectivity index (χ3n) is 4.28. The number of anilines is 1. The zero-order valence-electron chi connectivity index (χ0n) is 13.7. The van der Waals surface area contributed by atoms with Gasteiger partial charge in [0.1, 0.15) is 13.6 Å². The van der Waals surface area contributed by atoms with Crippen LogP contribution >= 0.6 is 11.8 Å². The third kappa shape index (κ3) is 2.87. The van der Waals surface area contributed by atoms with Gasteiger partial charge in [-0.05, 0) is 29.8 Å². The van der Waals surface area contributed by atoms with Crippen molar-refractivity contribution in [3.8, 4) is 0 Å². The molecule has 1 aliphatic rings. The van der Waals surface area contributed by atoms with Crippen molar-refractivity contribution >= 4 is 40.4 Å². The number of para-hydroxylation sites is 2. The second-order valence-electron chi connectivity index (χ2n) is 5.93. The number of pyridine rings is 1. The Balaban J connectivity index is 1.84. The molecular weight excluding hydrogens is 332 g/mol. The maximum absolute atomic E-state index is 11.3. The van der Waals surface area contributed by atoms with Gasteiger partial charge in [0.15, 0.2) is 6.20 Å². The molecule has 1 N–H and O–H groups in total. The summed E-state index contributed by atoms with van der Waals surface area (Å²) in [7, 11) is 2.02. The molecule has 4 nitrogen and oxygen atoms in total. The second-order valence-corrected chi connectivity index (χ2v) is 6.99.